The minimum absolute atomic E-state index is 0. The van der Waals surface area contributed by atoms with Gasteiger partial charge in [-0.1, -0.05) is 0 Å². The molecule has 0 atom stereocenters. The highest BCUT2D eigenvalue weighted by molar-refractivity contribution is 14.0. The van der Waals surface area contributed by atoms with Crippen molar-refractivity contribution < 1.29 is 13.2 Å². The summed E-state index contributed by atoms with van der Waals surface area (Å²) in [7, 11) is 0.522. The van der Waals surface area contributed by atoms with Crippen LogP contribution in [0.2, 0.25) is 0 Å². The van der Waals surface area contributed by atoms with Crippen LogP contribution in [0, 0.1) is 0 Å². The molecule has 0 bridgehead atoms. The molecule has 7 nitrogen and oxygen atoms in total. The lowest BCUT2D eigenvalue weighted by atomic mass is 10.2. The molecule has 0 saturated carbocycles. The summed E-state index contributed by atoms with van der Waals surface area (Å²) in [5.41, 5.74) is 1.19. The number of methoxy groups -OCH3 is 1. The van der Waals surface area contributed by atoms with Crippen LogP contribution in [0.5, 0.6) is 5.75 Å². The first kappa shape index (κ1) is 22.8. The van der Waals surface area contributed by atoms with Gasteiger partial charge in [0.05, 0.1) is 12.9 Å². The number of aliphatic imine (C=N–C) groups is 1. The van der Waals surface area contributed by atoms with Gasteiger partial charge in [-0.15, -0.1) is 24.0 Å². The van der Waals surface area contributed by atoms with E-state index in [1.807, 2.05) is 12.1 Å². The molecular weight excluding hydrogens is 467 g/mol. The molecule has 1 saturated heterocycles. The summed E-state index contributed by atoms with van der Waals surface area (Å²) >= 11 is 0. The van der Waals surface area contributed by atoms with E-state index in [-0.39, 0.29) is 29.7 Å². The van der Waals surface area contributed by atoms with Crippen molar-refractivity contribution in [3.05, 3.63) is 24.3 Å². The van der Waals surface area contributed by atoms with E-state index in [0.29, 0.717) is 13.0 Å². The van der Waals surface area contributed by atoms with Gasteiger partial charge in [-0.05, 0) is 30.7 Å². The van der Waals surface area contributed by atoms with Crippen molar-refractivity contribution in [2.24, 2.45) is 4.99 Å². The monoisotopic (exact) mass is 496 g/mol. The second-order valence-electron chi connectivity index (χ2n) is 6.13. The Morgan fingerprint density at radius 3 is 2.31 bits per heavy atom. The van der Waals surface area contributed by atoms with E-state index in [1.54, 1.807) is 14.2 Å². The third-order valence-corrected chi connectivity index (χ3v) is 5.23. The van der Waals surface area contributed by atoms with Gasteiger partial charge < -0.3 is 19.9 Å². The topological polar surface area (TPSA) is 74.2 Å². The zero-order chi connectivity index (χ0) is 18.3. The molecule has 1 aromatic carbocycles. The maximum atomic E-state index is 11.2. The van der Waals surface area contributed by atoms with Crippen LogP contribution in [0.25, 0.3) is 0 Å². The Hall–Kier alpha value is -1.23. The van der Waals surface area contributed by atoms with Gasteiger partial charge in [0.1, 0.15) is 15.6 Å². The van der Waals surface area contributed by atoms with Crippen LogP contribution in [0.1, 0.15) is 6.42 Å². The minimum atomic E-state index is -2.91. The average molecular weight is 496 g/mol. The highest BCUT2D eigenvalue weighted by Crippen LogP contribution is 2.20. The smallest absolute Gasteiger partial charge is 0.193 e. The third kappa shape index (κ3) is 7.18. The van der Waals surface area contributed by atoms with E-state index < -0.39 is 9.84 Å². The predicted molar refractivity (Wildman–Crippen MR) is 118 cm³/mol. The van der Waals surface area contributed by atoms with Crippen molar-refractivity contribution in [2.75, 3.05) is 63.8 Å². The molecule has 0 radical (unpaired) electrons. The van der Waals surface area contributed by atoms with Crippen LogP contribution in [-0.2, 0) is 9.84 Å². The SMILES string of the molecule is CN=C(NCCCS(C)(=O)=O)N1CCN(c2ccc(OC)cc2)CC1.I. The molecule has 1 aromatic rings. The lowest BCUT2D eigenvalue weighted by molar-refractivity contribution is 0.372. The fraction of sp³-hybridized carbons (Fsp3) is 0.588. The predicted octanol–water partition coefficient (Wildman–Crippen LogP) is 1.45. The Morgan fingerprint density at radius 1 is 1.19 bits per heavy atom. The highest BCUT2D eigenvalue weighted by Gasteiger charge is 2.19. The van der Waals surface area contributed by atoms with Crippen molar-refractivity contribution in [3.63, 3.8) is 0 Å². The number of nitrogens with one attached hydrogen (secondary N) is 1. The molecule has 0 amide bonds. The molecule has 1 fully saturated rings. The van der Waals surface area contributed by atoms with Gasteiger partial charge in [-0.25, -0.2) is 8.42 Å². The number of ether oxygens (including phenoxy) is 1. The number of hydrogen-bond donors (Lipinski definition) is 1. The lowest BCUT2D eigenvalue weighted by Crippen LogP contribution is -2.52. The largest absolute Gasteiger partial charge is 0.497 e. The molecule has 1 heterocycles. The van der Waals surface area contributed by atoms with Gasteiger partial charge >= 0.3 is 0 Å². The van der Waals surface area contributed by atoms with E-state index in [9.17, 15) is 8.42 Å². The number of halogens is 1. The van der Waals surface area contributed by atoms with Crippen molar-refractivity contribution in [2.45, 2.75) is 6.42 Å². The first-order valence-electron chi connectivity index (χ1n) is 8.45. The maximum Gasteiger partial charge on any atom is 0.193 e. The van der Waals surface area contributed by atoms with Gasteiger partial charge in [-0.2, -0.15) is 0 Å². The van der Waals surface area contributed by atoms with E-state index in [1.165, 1.54) is 11.9 Å². The highest BCUT2D eigenvalue weighted by atomic mass is 127. The Kier molecular flexibility index (Phi) is 9.48. The number of hydrogen-bond acceptors (Lipinski definition) is 5. The average Bonchev–Trinajstić information content (AvgIpc) is 2.61. The number of rotatable bonds is 6. The number of anilines is 1. The molecular formula is C17H29IN4O3S. The Bertz CT molecular complexity index is 672. The van der Waals surface area contributed by atoms with Crippen LogP contribution in [0.15, 0.2) is 29.3 Å². The van der Waals surface area contributed by atoms with Gasteiger partial charge in [0.15, 0.2) is 5.96 Å². The van der Waals surface area contributed by atoms with Gasteiger partial charge in [0, 0.05) is 51.7 Å². The molecule has 26 heavy (non-hydrogen) atoms. The lowest BCUT2D eigenvalue weighted by Gasteiger charge is -2.37. The number of sulfone groups is 1. The van der Waals surface area contributed by atoms with Crippen molar-refractivity contribution in [1.29, 1.82) is 0 Å². The van der Waals surface area contributed by atoms with Crippen LogP contribution >= 0.6 is 24.0 Å². The second-order valence-corrected chi connectivity index (χ2v) is 8.39. The zero-order valence-electron chi connectivity index (χ0n) is 15.6. The summed E-state index contributed by atoms with van der Waals surface area (Å²) in [4.78, 5) is 8.86. The third-order valence-electron chi connectivity index (χ3n) is 4.20. The number of guanidine groups is 1. The minimum Gasteiger partial charge on any atom is -0.497 e. The molecule has 0 aliphatic carbocycles. The molecule has 0 aromatic heterocycles. The second kappa shape index (κ2) is 10.8. The molecule has 148 valence electrons. The maximum absolute atomic E-state index is 11.2. The van der Waals surface area contributed by atoms with E-state index in [0.717, 1.165) is 37.9 Å². The van der Waals surface area contributed by atoms with Gasteiger partial charge in [0.25, 0.3) is 0 Å². The molecule has 0 spiro atoms. The molecule has 1 N–H and O–H groups in total. The summed E-state index contributed by atoms with van der Waals surface area (Å²) in [5, 5.41) is 3.26. The fourth-order valence-corrected chi connectivity index (χ4v) is 3.51. The summed E-state index contributed by atoms with van der Waals surface area (Å²) < 4.78 is 27.6. The quantitative estimate of drug-likeness (QED) is 0.278. The summed E-state index contributed by atoms with van der Waals surface area (Å²) in [5.74, 6) is 1.89. The molecule has 2 rings (SSSR count). The normalized spacial score (nSPS) is 15.4. The van der Waals surface area contributed by atoms with Crippen molar-refractivity contribution in [3.8, 4) is 5.75 Å². The first-order valence-corrected chi connectivity index (χ1v) is 10.5. The number of benzene rings is 1. The fourth-order valence-electron chi connectivity index (χ4n) is 2.84. The van der Waals surface area contributed by atoms with Crippen LogP contribution in [-0.4, -0.2) is 78.2 Å². The van der Waals surface area contributed by atoms with Crippen LogP contribution in [0.4, 0.5) is 5.69 Å². The van der Waals surface area contributed by atoms with Crippen molar-refractivity contribution >= 4 is 45.5 Å². The van der Waals surface area contributed by atoms with E-state index >= 15 is 0 Å². The van der Waals surface area contributed by atoms with Crippen LogP contribution < -0.4 is 15.0 Å². The number of nitrogens with zero attached hydrogens (tertiary/aromatic N) is 3. The summed E-state index contributed by atoms with van der Waals surface area (Å²) in [6.45, 7) is 4.18. The summed E-state index contributed by atoms with van der Waals surface area (Å²) in [6.07, 6.45) is 1.85. The Morgan fingerprint density at radius 2 is 1.81 bits per heavy atom. The Labute approximate surface area is 173 Å². The van der Waals surface area contributed by atoms with Gasteiger partial charge in [0.2, 0.25) is 0 Å². The Balaban J connectivity index is 0.00000338. The molecule has 9 heteroatoms. The van der Waals surface area contributed by atoms with Crippen molar-refractivity contribution in [1.82, 2.24) is 10.2 Å². The first-order chi connectivity index (χ1) is 11.9. The standard InChI is InChI=1S/C17H28N4O3S.HI/c1-18-17(19-9-4-14-25(3,22)23)21-12-10-20(11-13-21)15-5-7-16(24-2)8-6-15;/h5-8H,4,9-14H2,1-3H3,(H,18,19);1H. The van der Waals surface area contributed by atoms with E-state index in [2.05, 4.69) is 32.2 Å². The summed E-state index contributed by atoms with van der Waals surface area (Å²) in [6, 6.07) is 8.10. The van der Waals surface area contributed by atoms with Crippen LogP contribution in [0.3, 0.4) is 0 Å². The number of piperazine rings is 1. The molecule has 0 unspecified atom stereocenters. The molecule has 1 aliphatic rings. The van der Waals surface area contributed by atoms with E-state index in [4.69, 9.17) is 4.74 Å². The zero-order valence-corrected chi connectivity index (χ0v) is 18.8. The van der Waals surface area contributed by atoms with Gasteiger partial charge in [-0.3, -0.25) is 4.99 Å². The molecule has 1 aliphatic heterocycles.